The molecule has 4 heterocycles. The van der Waals surface area contributed by atoms with E-state index < -0.39 is 34.3 Å². The predicted molar refractivity (Wildman–Crippen MR) is 138 cm³/mol. The van der Waals surface area contributed by atoms with E-state index in [0.29, 0.717) is 48.7 Å². The smallest absolute Gasteiger partial charge is 0.390 e. The van der Waals surface area contributed by atoms with Crippen LogP contribution >= 0.6 is 0 Å². The summed E-state index contributed by atoms with van der Waals surface area (Å²) in [6, 6.07) is 5.71. The van der Waals surface area contributed by atoms with Crippen LogP contribution in [-0.4, -0.2) is 88.5 Å². The van der Waals surface area contributed by atoms with Crippen molar-refractivity contribution < 1.29 is 36.3 Å². The van der Waals surface area contributed by atoms with Crippen molar-refractivity contribution in [3.8, 4) is 17.6 Å². The molecule has 2 amide bonds. The fourth-order valence-electron chi connectivity index (χ4n) is 3.70. The molecule has 1 saturated heterocycles. The normalized spacial score (nSPS) is 13.7. The van der Waals surface area contributed by atoms with Gasteiger partial charge in [0.05, 0.1) is 23.9 Å². The maximum Gasteiger partial charge on any atom is 0.390 e. The number of hydrogen-bond acceptors (Lipinski definition) is 10. The van der Waals surface area contributed by atoms with Crippen LogP contribution in [0.1, 0.15) is 38.4 Å². The van der Waals surface area contributed by atoms with E-state index >= 15 is 0 Å². The van der Waals surface area contributed by atoms with E-state index in [1.807, 2.05) is 4.90 Å². The predicted octanol–water partition coefficient (Wildman–Crippen LogP) is 1.35. The summed E-state index contributed by atoms with van der Waals surface area (Å²) in [5, 5.41) is 17.1. The number of aromatic hydroxyl groups is 1. The van der Waals surface area contributed by atoms with Gasteiger partial charge in [-0.05, 0) is 24.3 Å². The number of anilines is 1. The highest BCUT2D eigenvalue weighted by atomic mass is 32.2. The number of pyridine rings is 2. The van der Waals surface area contributed by atoms with Crippen molar-refractivity contribution in [3.63, 3.8) is 0 Å². The maximum absolute atomic E-state index is 13.0. The van der Waals surface area contributed by atoms with Crippen molar-refractivity contribution >= 4 is 27.7 Å². The first-order chi connectivity index (χ1) is 19.4. The molecule has 0 bridgehead atoms. The van der Waals surface area contributed by atoms with Crippen molar-refractivity contribution in [1.29, 1.82) is 0 Å². The average molecular weight is 590 g/mol. The zero-order valence-electron chi connectivity index (χ0n) is 21.2. The summed E-state index contributed by atoms with van der Waals surface area (Å²) < 4.78 is 61.9. The summed E-state index contributed by atoms with van der Waals surface area (Å²) in [6.45, 7) is 1.44. The molecule has 1 aliphatic heterocycles. The molecule has 12 nitrogen and oxygen atoms in total. The number of aromatic nitrogens is 4. The van der Waals surface area contributed by atoms with Crippen LogP contribution in [0.25, 0.3) is 0 Å². The molecule has 0 unspecified atom stereocenters. The number of nitrogens with one attached hydrogen (secondary N) is 1. The van der Waals surface area contributed by atoms with E-state index in [0.717, 1.165) is 0 Å². The second-order valence-corrected chi connectivity index (χ2v) is 10.7. The quantitative estimate of drug-likeness (QED) is 0.402. The number of piperazine rings is 1. The number of nitrogens with zero attached hydrogens (tertiary/aromatic N) is 6. The van der Waals surface area contributed by atoms with Crippen molar-refractivity contribution in [3.05, 3.63) is 71.4 Å². The van der Waals surface area contributed by atoms with Gasteiger partial charge in [0.1, 0.15) is 5.75 Å². The van der Waals surface area contributed by atoms with Gasteiger partial charge in [0.25, 0.3) is 11.8 Å². The Balaban J connectivity index is 1.32. The lowest BCUT2D eigenvalue weighted by molar-refractivity contribution is -0.130. The summed E-state index contributed by atoms with van der Waals surface area (Å²) in [4.78, 5) is 36.5. The fourth-order valence-corrected chi connectivity index (χ4v) is 4.69. The van der Waals surface area contributed by atoms with Crippen LogP contribution in [0.3, 0.4) is 0 Å². The van der Waals surface area contributed by atoms with Gasteiger partial charge in [0.15, 0.2) is 11.5 Å². The molecular formula is C25H22F3N7O5S. The van der Waals surface area contributed by atoms with Gasteiger partial charge in [-0.1, -0.05) is 11.8 Å². The summed E-state index contributed by atoms with van der Waals surface area (Å²) >= 11 is 0. The third kappa shape index (κ3) is 8.35. The van der Waals surface area contributed by atoms with Gasteiger partial charge < -0.3 is 14.9 Å². The van der Waals surface area contributed by atoms with E-state index in [2.05, 4.69) is 32.0 Å². The molecule has 0 spiro atoms. The SMILES string of the molecule is O=C(NS(=O)(=O)CCC(F)(F)F)c1ccc(N2CCN(C(=O)c3cncc(C#Cc4cncc(O)c4)c3)CC2)nn1. The van der Waals surface area contributed by atoms with Gasteiger partial charge >= 0.3 is 6.18 Å². The Bertz CT molecular complexity index is 1600. The minimum absolute atomic E-state index is 0.0146. The molecule has 4 rings (SSSR count). The lowest BCUT2D eigenvalue weighted by atomic mass is 10.1. The summed E-state index contributed by atoms with van der Waals surface area (Å²) in [5.41, 5.74) is 0.972. The first-order valence-corrected chi connectivity index (χ1v) is 13.6. The van der Waals surface area contributed by atoms with Crippen molar-refractivity contribution in [1.82, 2.24) is 29.8 Å². The van der Waals surface area contributed by atoms with Crippen LogP contribution in [0.4, 0.5) is 19.0 Å². The largest absolute Gasteiger partial charge is 0.506 e. The molecule has 0 aliphatic carbocycles. The van der Waals surface area contributed by atoms with Gasteiger partial charge in [-0.3, -0.25) is 19.6 Å². The number of hydrogen-bond donors (Lipinski definition) is 2. The van der Waals surface area contributed by atoms with E-state index in [1.54, 1.807) is 15.7 Å². The standard InChI is InChI=1S/C25H22F3N7O5S/c26-25(27,28)5-10-41(39,40)33-23(37)21-3-4-22(32-31-21)34-6-8-35(9-7-34)24(38)19-11-17(13-29-15-19)1-2-18-12-20(36)16-30-14-18/h3-4,11-16,36H,5-10H2,(H,33,37). The van der Waals surface area contributed by atoms with Crippen LogP contribution in [0.5, 0.6) is 5.75 Å². The molecule has 16 heteroatoms. The number of carbonyl (C=O) groups is 2. The monoisotopic (exact) mass is 589 g/mol. The lowest BCUT2D eigenvalue weighted by Gasteiger charge is -2.35. The van der Waals surface area contributed by atoms with Crippen LogP contribution in [-0.2, 0) is 10.0 Å². The molecule has 0 atom stereocenters. The maximum atomic E-state index is 13.0. The Kier molecular flexibility index (Phi) is 8.67. The highest BCUT2D eigenvalue weighted by Gasteiger charge is 2.31. The molecule has 0 aromatic carbocycles. The molecule has 3 aromatic rings. The van der Waals surface area contributed by atoms with E-state index in [1.165, 1.54) is 43.0 Å². The number of sulfonamides is 1. The third-order valence-corrected chi connectivity index (χ3v) is 6.97. The van der Waals surface area contributed by atoms with Crippen LogP contribution < -0.4 is 9.62 Å². The molecule has 3 aromatic heterocycles. The van der Waals surface area contributed by atoms with E-state index in [9.17, 15) is 36.3 Å². The van der Waals surface area contributed by atoms with Crippen molar-refractivity contribution in [2.45, 2.75) is 12.6 Å². The summed E-state index contributed by atoms with van der Waals surface area (Å²) in [5.74, 6) is 3.36. The number of amides is 2. The summed E-state index contributed by atoms with van der Waals surface area (Å²) in [6.07, 6.45) is -0.545. The van der Waals surface area contributed by atoms with E-state index in [4.69, 9.17) is 0 Å². The second-order valence-electron chi connectivity index (χ2n) is 8.82. The second kappa shape index (κ2) is 12.2. The Morgan fingerprint density at radius 2 is 1.61 bits per heavy atom. The Labute approximate surface area is 232 Å². The first kappa shape index (κ1) is 29.2. The van der Waals surface area contributed by atoms with Crippen molar-refractivity contribution in [2.24, 2.45) is 0 Å². The number of carbonyl (C=O) groups excluding carboxylic acids is 2. The molecule has 1 fully saturated rings. The van der Waals surface area contributed by atoms with Gasteiger partial charge in [-0.2, -0.15) is 13.2 Å². The summed E-state index contributed by atoms with van der Waals surface area (Å²) in [7, 11) is -4.51. The Morgan fingerprint density at radius 3 is 2.22 bits per heavy atom. The number of halogens is 3. The van der Waals surface area contributed by atoms with Gasteiger partial charge in [0.2, 0.25) is 10.0 Å². The van der Waals surface area contributed by atoms with E-state index in [-0.39, 0.29) is 17.4 Å². The Hall–Kier alpha value is -4.78. The van der Waals surface area contributed by atoms with Crippen molar-refractivity contribution in [2.75, 3.05) is 36.8 Å². The lowest BCUT2D eigenvalue weighted by Crippen LogP contribution is -2.49. The van der Waals surface area contributed by atoms with Crippen LogP contribution in [0, 0.1) is 11.8 Å². The van der Waals surface area contributed by atoms with Gasteiger partial charge in [-0.25, -0.2) is 13.1 Å². The zero-order valence-corrected chi connectivity index (χ0v) is 22.0. The zero-order chi connectivity index (χ0) is 29.6. The minimum Gasteiger partial charge on any atom is -0.506 e. The highest BCUT2D eigenvalue weighted by molar-refractivity contribution is 7.90. The number of alkyl halides is 3. The molecule has 1 aliphatic rings. The average Bonchev–Trinajstić information content (AvgIpc) is 2.94. The molecule has 0 saturated carbocycles. The molecule has 214 valence electrons. The van der Waals surface area contributed by atoms with Crippen LogP contribution in [0.15, 0.2) is 49.1 Å². The molecule has 41 heavy (non-hydrogen) atoms. The first-order valence-electron chi connectivity index (χ1n) is 12.0. The topological polar surface area (TPSA) is 159 Å². The third-order valence-electron chi connectivity index (χ3n) is 5.74. The highest BCUT2D eigenvalue weighted by Crippen LogP contribution is 2.20. The fraction of sp³-hybridized carbons (Fsp3) is 0.280. The minimum atomic E-state index is -4.68. The van der Waals surface area contributed by atoms with Crippen LogP contribution in [0.2, 0.25) is 0 Å². The van der Waals surface area contributed by atoms with Gasteiger partial charge in [0, 0.05) is 55.9 Å². The molecule has 0 radical (unpaired) electrons. The molecule has 2 N–H and O–H groups in total. The van der Waals surface area contributed by atoms with Gasteiger partial charge in [-0.15, -0.1) is 10.2 Å². The molecular weight excluding hydrogens is 567 g/mol. The Morgan fingerprint density at radius 1 is 0.951 bits per heavy atom. The number of rotatable bonds is 6.